The number of pyridine rings is 1. The summed E-state index contributed by atoms with van der Waals surface area (Å²) in [5.74, 6) is -1.45. The molecule has 0 atom stereocenters. The number of nitrogens with zero attached hydrogens (tertiary/aromatic N) is 2. The van der Waals surface area contributed by atoms with E-state index in [-0.39, 0.29) is 23.0 Å². The minimum atomic E-state index is -4.69. The van der Waals surface area contributed by atoms with E-state index in [0.717, 1.165) is 31.0 Å². The van der Waals surface area contributed by atoms with Crippen molar-refractivity contribution in [1.82, 2.24) is 9.88 Å². The Morgan fingerprint density at radius 1 is 1.00 bits per heavy atom. The van der Waals surface area contributed by atoms with Crippen molar-refractivity contribution < 1.29 is 32.3 Å². The predicted molar refractivity (Wildman–Crippen MR) is 125 cm³/mol. The van der Waals surface area contributed by atoms with E-state index in [2.05, 4.69) is 10.3 Å². The molecular weight excluding hydrogens is 478 g/mol. The van der Waals surface area contributed by atoms with Crippen LogP contribution in [0.15, 0.2) is 60.8 Å². The molecule has 1 aromatic heterocycles. The normalized spacial score (nSPS) is 14.5. The maximum absolute atomic E-state index is 14.2. The molecule has 6 nitrogen and oxygen atoms in total. The van der Waals surface area contributed by atoms with Gasteiger partial charge in [-0.3, -0.25) is 4.79 Å². The molecule has 0 radical (unpaired) electrons. The first-order chi connectivity index (χ1) is 17.1. The fourth-order valence-electron chi connectivity index (χ4n) is 4.23. The van der Waals surface area contributed by atoms with Gasteiger partial charge in [0, 0.05) is 42.5 Å². The van der Waals surface area contributed by atoms with E-state index in [0.29, 0.717) is 31.0 Å². The van der Waals surface area contributed by atoms with Crippen LogP contribution in [0.1, 0.15) is 39.1 Å². The number of nitrogens with one attached hydrogen (secondary N) is 1. The lowest BCUT2D eigenvalue weighted by Gasteiger charge is -2.32. The van der Waals surface area contributed by atoms with Gasteiger partial charge >= 0.3 is 12.1 Å². The molecular formula is C26H23F4N3O3. The number of likely N-dealkylation sites (tertiary alicyclic amines) is 1. The van der Waals surface area contributed by atoms with Gasteiger partial charge in [0.05, 0.1) is 11.1 Å². The van der Waals surface area contributed by atoms with Crippen LogP contribution in [-0.2, 0) is 6.18 Å². The average molecular weight is 501 g/mol. The number of carbonyl (C=O) groups excluding carboxylic acids is 1. The molecule has 36 heavy (non-hydrogen) atoms. The van der Waals surface area contributed by atoms with E-state index in [4.69, 9.17) is 5.11 Å². The molecule has 2 aromatic carbocycles. The zero-order chi connectivity index (χ0) is 25.9. The van der Waals surface area contributed by atoms with Crippen LogP contribution in [0.4, 0.5) is 23.4 Å². The van der Waals surface area contributed by atoms with E-state index in [9.17, 15) is 27.2 Å². The number of aromatic nitrogens is 1. The molecule has 0 unspecified atom stereocenters. The number of aromatic carboxylic acids is 1. The molecule has 188 valence electrons. The van der Waals surface area contributed by atoms with Crippen LogP contribution in [0.5, 0.6) is 0 Å². The molecule has 1 fully saturated rings. The molecule has 1 aliphatic heterocycles. The van der Waals surface area contributed by atoms with Crippen LogP contribution in [0.3, 0.4) is 0 Å². The van der Waals surface area contributed by atoms with Crippen molar-refractivity contribution in [1.29, 1.82) is 0 Å². The van der Waals surface area contributed by atoms with E-state index < -0.39 is 29.1 Å². The Hall–Kier alpha value is -3.95. The maximum Gasteiger partial charge on any atom is 0.417 e. The van der Waals surface area contributed by atoms with E-state index >= 15 is 0 Å². The highest BCUT2D eigenvalue weighted by Gasteiger charge is 2.35. The van der Waals surface area contributed by atoms with Crippen molar-refractivity contribution in [2.75, 3.05) is 25.0 Å². The fraction of sp³-hybridized carbons (Fsp3) is 0.269. The van der Waals surface area contributed by atoms with Crippen LogP contribution < -0.4 is 5.32 Å². The third-order valence-corrected chi connectivity index (χ3v) is 6.22. The second-order valence-electron chi connectivity index (χ2n) is 8.59. The third kappa shape index (κ3) is 5.64. The number of alkyl halides is 3. The summed E-state index contributed by atoms with van der Waals surface area (Å²) < 4.78 is 54.1. The Morgan fingerprint density at radius 3 is 2.25 bits per heavy atom. The van der Waals surface area contributed by atoms with Crippen molar-refractivity contribution in [3.63, 3.8) is 0 Å². The topological polar surface area (TPSA) is 82.5 Å². The standard InChI is InChI=1S/C26H23F4N3O3/c27-21-3-1-2-20(26(28,29)30)23(21)19-8-9-22(32-15-19)31-14-16-10-12-33(13-11-16)24(34)17-4-6-18(7-5-17)25(35)36/h1-9,15-16H,10-14H2,(H,31,32)(H,35,36). The molecule has 3 aromatic rings. The zero-order valence-corrected chi connectivity index (χ0v) is 19.1. The van der Waals surface area contributed by atoms with E-state index in [1.165, 1.54) is 42.6 Å². The number of rotatable bonds is 6. The smallest absolute Gasteiger partial charge is 0.417 e. The Morgan fingerprint density at radius 2 is 1.67 bits per heavy atom. The summed E-state index contributed by atoms with van der Waals surface area (Å²) in [6, 6.07) is 11.6. The van der Waals surface area contributed by atoms with Crippen LogP contribution in [0, 0.1) is 11.7 Å². The fourth-order valence-corrected chi connectivity index (χ4v) is 4.23. The van der Waals surface area contributed by atoms with Crippen LogP contribution in [-0.4, -0.2) is 46.5 Å². The monoisotopic (exact) mass is 501 g/mol. The summed E-state index contributed by atoms with van der Waals surface area (Å²) >= 11 is 0. The van der Waals surface area contributed by atoms with Crippen molar-refractivity contribution in [2.45, 2.75) is 19.0 Å². The van der Waals surface area contributed by atoms with Gasteiger partial charge < -0.3 is 15.3 Å². The molecule has 0 bridgehead atoms. The summed E-state index contributed by atoms with van der Waals surface area (Å²) in [7, 11) is 0. The summed E-state index contributed by atoms with van der Waals surface area (Å²) in [4.78, 5) is 29.5. The molecule has 1 aliphatic rings. The molecule has 1 amide bonds. The number of piperidine rings is 1. The molecule has 0 spiro atoms. The molecule has 4 rings (SSSR count). The molecule has 2 heterocycles. The van der Waals surface area contributed by atoms with Gasteiger partial charge in [0.25, 0.3) is 5.91 Å². The summed E-state index contributed by atoms with van der Waals surface area (Å²) in [6.07, 6.45) is -1.98. The number of halogens is 4. The van der Waals surface area contributed by atoms with E-state index in [1.807, 2.05) is 0 Å². The average Bonchev–Trinajstić information content (AvgIpc) is 2.87. The van der Waals surface area contributed by atoms with Gasteiger partial charge in [-0.1, -0.05) is 6.07 Å². The number of benzene rings is 2. The van der Waals surface area contributed by atoms with Gasteiger partial charge in [-0.2, -0.15) is 13.2 Å². The quantitative estimate of drug-likeness (QED) is 0.432. The van der Waals surface area contributed by atoms with Crippen LogP contribution >= 0.6 is 0 Å². The van der Waals surface area contributed by atoms with Gasteiger partial charge in [-0.15, -0.1) is 0 Å². The van der Waals surface area contributed by atoms with Crippen LogP contribution in [0.2, 0.25) is 0 Å². The third-order valence-electron chi connectivity index (χ3n) is 6.22. The lowest BCUT2D eigenvalue weighted by atomic mass is 9.96. The number of amides is 1. The summed E-state index contributed by atoms with van der Waals surface area (Å²) in [5.41, 5.74) is -0.992. The SMILES string of the molecule is O=C(O)c1ccc(C(=O)N2CCC(CNc3ccc(-c4c(F)cccc4C(F)(F)F)cn3)CC2)cc1. The Bertz CT molecular complexity index is 1240. The molecule has 1 saturated heterocycles. The lowest BCUT2D eigenvalue weighted by Crippen LogP contribution is -2.39. The zero-order valence-electron chi connectivity index (χ0n) is 19.1. The lowest BCUT2D eigenvalue weighted by molar-refractivity contribution is -0.137. The molecule has 0 saturated carbocycles. The summed E-state index contributed by atoms with van der Waals surface area (Å²) in [5, 5.41) is 12.1. The van der Waals surface area contributed by atoms with E-state index in [1.54, 1.807) is 4.90 Å². The minimum Gasteiger partial charge on any atom is -0.478 e. The van der Waals surface area contributed by atoms with Gasteiger partial charge in [0.1, 0.15) is 11.6 Å². The van der Waals surface area contributed by atoms with Crippen LogP contribution in [0.25, 0.3) is 11.1 Å². The molecule has 10 heteroatoms. The highest BCUT2D eigenvalue weighted by molar-refractivity contribution is 5.96. The number of anilines is 1. The Kier molecular flexibility index (Phi) is 7.23. The van der Waals surface area contributed by atoms with Gasteiger partial charge in [0.2, 0.25) is 0 Å². The number of hydrogen-bond donors (Lipinski definition) is 2. The van der Waals surface area contributed by atoms with Gasteiger partial charge in [-0.25, -0.2) is 14.2 Å². The second kappa shape index (κ2) is 10.3. The first-order valence-electron chi connectivity index (χ1n) is 11.3. The number of carboxylic acid groups (broad SMARTS) is 1. The number of hydrogen-bond acceptors (Lipinski definition) is 4. The van der Waals surface area contributed by atoms with Crippen molar-refractivity contribution in [2.24, 2.45) is 5.92 Å². The largest absolute Gasteiger partial charge is 0.478 e. The van der Waals surface area contributed by atoms with Crippen molar-refractivity contribution in [3.05, 3.63) is 83.3 Å². The molecule has 2 N–H and O–H groups in total. The molecule has 0 aliphatic carbocycles. The maximum atomic E-state index is 14.2. The van der Waals surface area contributed by atoms with Gasteiger partial charge in [-0.05, 0) is 67.3 Å². The number of carbonyl (C=O) groups is 2. The minimum absolute atomic E-state index is 0.0363. The van der Waals surface area contributed by atoms with Crippen molar-refractivity contribution >= 4 is 17.7 Å². The Balaban J connectivity index is 1.32. The van der Waals surface area contributed by atoms with Gasteiger partial charge in [0.15, 0.2) is 0 Å². The first kappa shape index (κ1) is 25.2. The second-order valence-corrected chi connectivity index (χ2v) is 8.59. The first-order valence-corrected chi connectivity index (χ1v) is 11.3. The van der Waals surface area contributed by atoms with Crippen molar-refractivity contribution in [3.8, 4) is 11.1 Å². The highest BCUT2D eigenvalue weighted by Crippen LogP contribution is 2.38. The Labute approximate surface area is 204 Å². The predicted octanol–water partition coefficient (Wildman–Crippen LogP) is 5.57. The highest BCUT2D eigenvalue weighted by atomic mass is 19.4. The summed E-state index contributed by atoms with van der Waals surface area (Å²) in [6.45, 7) is 1.66. The number of carboxylic acids is 1.